The molecule has 20 heavy (non-hydrogen) atoms. The minimum atomic E-state index is 0.204. The lowest BCUT2D eigenvalue weighted by atomic mass is 9.97. The Kier molecular flexibility index (Phi) is 4.13. The van der Waals surface area contributed by atoms with E-state index in [1.165, 1.54) is 38.8 Å². The van der Waals surface area contributed by atoms with Gasteiger partial charge in [-0.1, -0.05) is 6.07 Å². The number of nitrogens with zero attached hydrogens (tertiary/aromatic N) is 1. The standard InChI is InChI=1S/C16H24N2O2/c1-20-16-9-12(4-5-15(16)19)11-17-13-6-8-18-7-2-3-14(18)10-13/h4-5,9,13-14,17,19H,2-3,6-8,10-11H2,1H3. The molecule has 0 amide bonds. The number of benzene rings is 1. The van der Waals surface area contributed by atoms with Gasteiger partial charge in [-0.3, -0.25) is 0 Å². The molecule has 1 aromatic carbocycles. The van der Waals surface area contributed by atoms with E-state index in [1.54, 1.807) is 13.2 Å². The van der Waals surface area contributed by atoms with Gasteiger partial charge in [0.1, 0.15) is 0 Å². The number of nitrogens with one attached hydrogen (secondary N) is 1. The summed E-state index contributed by atoms with van der Waals surface area (Å²) in [5.41, 5.74) is 1.16. The molecular formula is C16H24N2O2. The van der Waals surface area contributed by atoms with Crippen LogP contribution < -0.4 is 10.1 Å². The van der Waals surface area contributed by atoms with Crippen molar-refractivity contribution in [2.45, 2.75) is 44.3 Å². The predicted molar refractivity (Wildman–Crippen MR) is 79.1 cm³/mol. The molecule has 0 spiro atoms. The lowest BCUT2D eigenvalue weighted by molar-refractivity contribution is 0.166. The van der Waals surface area contributed by atoms with Crippen molar-refractivity contribution < 1.29 is 9.84 Å². The van der Waals surface area contributed by atoms with Crippen molar-refractivity contribution >= 4 is 0 Å². The molecule has 0 aliphatic carbocycles. The van der Waals surface area contributed by atoms with Crippen LogP contribution in [0.1, 0.15) is 31.2 Å². The van der Waals surface area contributed by atoms with Crippen LogP contribution in [0.2, 0.25) is 0 Å². The van der Waals surface area contributed by atoms with E-state index in [0.717, 1.165) is 18.2 Å². The van der Waals surface area contributed by atoms with Crippen LogP contribution in [0.4, 0.5) is 0 Å². The van der Waals surface area contributed by atoms with Gasteiger partial charge < -0.3 is 20.1 Å². The zero-order valence-corrected chi connectivity index (χ0v) is 12.1. The first-order valence-corrected chi connectivity index (χ1v) is 7.59. The van der Waals surface area contributed by atoms with Crippen LogP contribution in [0.5, 0.6) is 11.5 Å². The maximum absolute atomic E-state index is 9.60. The highest BCUT2D eigenvalue weighted by molar-refractivity contribution is 5.41. The molecule has 2 N–H and O–H groups in total. The molecule has 2 aliphatic rings. The largest absolute Gasteiger partial charge is 0.504 e. The van der Waals surface area contributed by atoms with Crippen molar-refractivity contribution in [3.63, 3.8) is 0 Å². The number of fused-ring (bicyclic) bond motifs is 1. The molecule has 2 saturated heterocycles. The van der Waals surface area contributed by atoms with Crippen LogP contribution in [-0.2, 0) is 6.54 Å². The molecule has 4 nitrogen and oxygen atoms in total. The van der Waals surface area contributed by atoms with Crippen molar-refractivity contribution in [3.05, 3.63) is 23.8 Å². The Morgan fingerprint density at radius 2 is 2.25 bits per heavy atom. The Morgan fingerprint density at radius 3 is 3.10 bits per heavy atom. The minimum Gasteiger partial charge on any atom is -0.504 e. The highest BCUT2D eigenvalue weighted by Gasteiger charge is 2.31. The van der Waals surface area contributed by atoms with Gasteiger partial charge in [0.15, 0.2) is 11.5 Å². The predicted octanol–water partition coefficient (Wildman–Crippen LogP) is 2.12. The average Bonchev–Trinajstić information content (AvgIpc) is 2.94. The van der Waals surface area contributed by atoms with Crippen molar-refractivity contribution in [1.82, 2.24) is 10.2 Å². The van der Waals surface area contributed by atoms with E-state index in [-0.39, 0.29) is 5.75 Å². The first-order valence-electron chi connectivity index (χ1n) is 7.59. The monoisotopic (exact) mass is 276 g/mol. The number of phenols is 1. The molecule has 0 radical (unpaired) electrons. The molecule has 2 atom stereocenters. The van der Waals surface area contributed by atoms with Crippen LogP contribution in [-0.4, -0.2) is 42.3 Å². The molecule has 0 saturated carbocycles. The van der Waals surface area contributed by atoms with Gasteiger partial charge in [-0.15, -0.1) is 0 Å². The van der Waals surface area contributed by atoms with Gasteiger partial charge in [-0.25, -0.2) is 0 Å². The maximum atomic E-state index is 9.60. The number of aromatic hydroxyl groups is 1. The fraction of sp³-hybridized carbons (Fsp3) is 0.625. The van der Waals surface area contributed by atoms with Crippen molar-refractivity contribution in [2.75, 3.05) is 20.2 Å². The zero-order chi connectivity index (χ0) is 13.9. The normalized spacial score (nSPS) is 26.4. The highest BCUT2D eigenvalue weighted by Crippen LogP contribution is 2.28. The second-order valence-electron chi connectivity index (χ2n) is 5.94. The number of hydrogen-bond acceptors (Lipinski definition) is 4. The molecule has 1 aromatic rings. The van der Waals surface area contributed by atoms with Crippen molar-refractivity contribution in [1.29, 1.82) is 0 Å². The summed E-state index contributed by atoms with van der Waals surface area (Å²) in [5.74, 6) is 0.755. The number of ether oxygens (including phenoxy) is 1. The molecule has 2 aliphatic heterocycles. The quantitative estimate of drug-likeness (QED) is 0.884. The van der Waals surface area contributed by atoms with E-state index in [4.69, 9.17) is 4.74 Å². The van der Waals surface area contributed by atoms with Crippen LogP contribution in [0, 0.1) is 0 Å². The third-order valence-electron chi connectivity index (χ3n) is 4.66. The average molecular weight is 276 g/mol. The van der Waals surface area contributed by atoms with Gasteiger partial charge in [0, 0.05) is 18.6 Å². The molecule has 2 heterocycles. The zero-order valence-electron chi connectivity index (χ0n) is 12.1. The van der Waals surface area contributed by atoms with Gasteiger partial charge in [-0.05, 0) is 56.5 Å². The summed E-state index contributed by atoms with van der Waals surface area (Å²) in [5, 5.41) is 13.3. The summed E-state index contributed by atoms with van der Waals surface area (Å²) in [6, 6.07) is 6.99. The molecule has 4 heteroatoms. The van der Waals surface area contributed by atoms with E-state index < -0.39 is 0 Å². The summed E-state index contributed by atoms with van der Waals surface area (Å²) in [6.07, 6.45) is 5.25. The number of methoxy groups -OCH3 is 1. The summed E-state index contributed by atoms with van der Waals surface area (Å²) in [6.45, 7) is 3.38. The Hall–Kier alpha value is -1.26. The van der Waals surface area contributed by atoms with Crippen LogP contribution in [0.3, 0.4) is 0 Å². The lowest BCUT2D eigenvalue weighted by Gasteiger charge is -2.35. The first kappa shape index (κ1) is 13.7. The van der Waals surface area contributed by atoms with Gasteiger partial charge in [0.05, 0.1) is 7.11 Å². The topological polar surface area (TPSA) is 44.7 Å². The Labute approximate surface area is 120 Å². The maximum Gasteiger partial charge on any atom is 0.160 e. The molecule has 110 valence electrons. The summed E-state index contributed by atoms with van der Waals surface area (Å²) < 4.78 is 5.15. The second kappa shape index (κ2) is 6.02. The van der Waals surface area contributed by atoms with Crippen LogP contribution >= 0.6 is 0 Å². The number of hydrogen-bond donors (Lipinski definition) is 2. The molecular weight excluding hydrogens is 252 g/mol. The SMILES string of the molecule is COc1cc(CNC2CCN3CCCC3C2)ccc1O. The molecule has 2 unspecified atom stereocenters. The van der Waals surface area contributed by atoms with Crippen LogP contribution in [0.15, 0.2) is 18.2 Å². The van der Waals surface area contributed by atoms with Crippen molar-refractivity contribution in [2.24, 2.45) is 0 Å². The Bertz CT molecular complexity index is 464. The van der Waals surface area contributed by atoms with E-state index in [2.05, 4.69) is 10.2 Å². The van der Waals surface area contributed by atoms with Gasteiger partial charge in [0.25, 0.3) is 0 Å². The molecule has 2 fully saturated rings. The Morgan fingerprint density at radius 1 is 1.35 bits per heavy atom. The second-order valence-corrected chi connectivity index (χ2v) is 5.94. The molecule has 0 bridgehead atoms. The number of phenolic OH excluding ortho intramolecular Hbond substituents is 1. The van der Waals surface area contributed by atoms with E-state index in [0.29, 0.717) is 11.8 Å². The Balaban J connectivity index is 1.54. The van der Waals surface area contributed by atoms with E-state index in [9.17, 15) is 5.11 Å². The number of rotatable bonds is 4. The number of piperidine rings is 1. The van der Waals surface area contributed by atoms with Gasteiger partial charge in [-0.2, -0.15) is 0 Å². The van der Waals surface area contributed by atoms with Gasteiger partial charge >= 0.3 is 0 Å². The van der Waals surface area contributed by atoms with E-state index in [1.807, 2.05) is 12.1 Å². The molecule has 0 aromatic heterocycles. The van der Waals surface area contributed by atoms with Gasteiger partial charge in [0.2, 0.25) is 0 Å². The van der Waals surface area contributed by atoms with E-state index >= 15 is 0 Å². The molecule has 3 rings (SSSR count). The summed E-state index contributed by atoms with van der Waals surface area (Å²) in [4.78, 5) is 2.64. The fourth-order valence-corrected chi connectivity index (χ4v) is 3.50. The third-order valence-corrected chi connectivity index (χ3v) is 4.66. The summed E-state index contributed by atoms with van der Waals surface area (Å²) >= 11 is 0. The smallest absolute Gasteiger partial charge is 0.160 e. The highest BCUT2D eigenvalue weighted by atomic mass is 16.5. The summed E-state index contributed by atoms with van der Waals surface area (Å²) in [7, 11) is 1.59. The third kappa shape index (κ3) is 2.91. The van der Waals surface area contributed by atoms with Crippen LogP contribution in [0.25, 0.3) is 0 Å². The lowest BCUT2D eigenvalue weighted by Crippen LogP contribution is -2.45. The fourth-order valence-electron chi connectivity index (χ4n) is 3.50. The van der Waals surface area contributed by atoms with Crippen molar-refractivity contribution in [3.8, 4) is 11.5 Å². The minimum absolute atomic E-state index is 0.204. The first-order chi connectivity index (χ1) is 9.76.